The Labute approximate surface area is 145 Å². The highest BCUT2D eigenvalue weighted by atomic mass is 35.5. The van der Waals surface area contributed by atoms with Crippen molar-refractivity contribution in [1.29, 1.82) is 0 Å². The van der Waals surface area contributed by atoms with E-state index in [1.54, 1.807) is 30.3 Å². The van der Waals surface area contributed by atoms with E-state index in [1.807, 2.05) is 12.1 Å². The van der Waals surface area contributed by atoms with Crippen molar-refractivity contribution < 1.29 is 14.3 Å². The van der Waals surface area contributed by atoms with Crippen LogP contribution in [0.25, 0.3) is 0 Å². The summed E-state index contributed by atoms with van der Waals surface area (Å²) in [5.41, 5.74) is 1.30. The molecular weight excluding hydrogens is 328 g/mol. The van der Waals surface area contributed by atoms with Crippen LogP contribution in [0.4, 0.5) is 10.5 Å². The van der Waals surface area contributed by atoms with E-state index in [4.69, 9.17) is 21.1 Å². The van der Waals surface area contributed by atoms with Crippen molar-refractivity contribution in [3.63, 3.8) is 0 Å². The molecule has 0 aliphatic rings. The zero-order chi connectivity index (χ0) is 17.4. The van der Waals surface area contributed by atoms with Crippen molar-refractivity contribution >= 4 is 23.3 Å². The fourth-order valence-electron chi connectivity index (χ4n) is 1.99. The fourth-order valence-corrected chi connectivity index (χ4v) is 2.18. The maximum Gasteiger partial charge on any atom is 0.320 e. The predicted octanol–water partition coefficient (Wildman–Crippen LogP) is 3.53. The van der Waals surface area contributed by atoms with Gasteiger partial charge in [-0.15, -0.1) is 0 Å². The third kappa shape index (κ3) is 4.83. The third-order valence-corrected chi connectivity index (χ3v) is 3.28. The molecule has 2 rings (SSSR count). The predicted molar refractivity (Wildman–Crippen MR) is 94.9 cm³/mol. The Hall–Kier alpha value is -2.84. The molecule has 0 saturated heterocycles. The van der Waals surface area contributed by atoms with Crippen molar-refractivity contribution in [2.75, 3.05) is 26.1 Å². The van der Waals surface area contributed by atoms with E-state index in [-0.39, 0.29) is 12.6 Å². The highest BCUT2D eigenvalue weighted by molar-refractivity contribution is 6.30. The summed E-state index contributed by atoms with van der Waals surface area (Å²) < 4.78 is 10.4. The van der Waals surface area contributed by atoms with Crippen LogP contribution in [0.15, 0.2) is 42.5 Å². The highest BCUT2D eigenvalue weighted by Gasteiger charge is 2.11. The maximum absolute atomic E-state index is 11.9. The molecule has 0 heterocycles. The lowest BCUT2D eigenvalue weighted by Crippen LogP contribution is -2.29. The third-order valence-electron chi connectivity index (χ3n) is 3.05. The monoisotopic (exact) mass is 344 g/mol. The lowest BCUT2D eigenvalue weighted by molar-refractivity contribution is 0.253. The van der Waals surface area contributed by atoms with E-state index >= 15 is 0 Å². The number of carbonyl (C=O) groups is 1. The molecule has 0 aliphatic carbocycles. The number of benzene rings is 2. The zero-order valence-electron chi connectivity index (χ0n) is 13.4. The number of halogens is 1. The van der Waals surface area contributed by atoms with Gasteiger partial charge in [0.1, 0.15) is 0 Å². The Balaban J connectivity index is 1.93. The molecule has 0 saturated carbocycles. The van der Waals surface area contributed by atoms with E-state index in [0.29, 0.717) is 22.2 Å². The van der Waals surface area contributed by atoms with Gasteiger partial charge in [0.15, 0.2) is 11.5 Å². The van der Waals surface area contributed by atoms with Crippen molar-refractivity contribution in [2.24, 2.45) is 0 Å². The first kappa shape index (κ1) is 17.5. The molecule has 0 unspecified atom stereocenters. The molecule has 0 aromatic heterocycles. The lowest BCUT2D eigenvalue weighted by atomic mass is 10.2. The van der Waals surface area contributed by atoms with Gasteiger partial charge in [0.25, 0.3) is 0 Å². The minimum atomic E-state index is -0.387. The first-order valence-corrected chi connectivity index (χ1v) is 7.52. The van der Waals surface area contributed by atoms with Crippen molar-refractivity contribution in [3.05, 3.63) is 53.1 Å². The first-order chi connectivity index (χ1) is 11.6. The second kappa shape index (κ2) is 8.70. The van der Waals surface area contributed by atoms with E-state index in [2.05, 4.69) is 22.5 Å². The van der Waals surface area contributed by atoms with E-state index in [9.17, 15) is 4.79 Å². The molecule has 5 nitrogen and oxygen atoms in total. The van der Waals surface area contributed by atoms with Crippen LogP contribution in [-0.2, 0) is 0 Å². The molecule has 0 atom stereocenters. The molecule has 0 bridgehead atoms. The topological polar surface area (TPSA) is 59.6 Å². The van der Waals surface area contributed by atoms with Crippen LogP contribution in [0, 0.1) is 11.8 Å². The van der Waals surface area contributed by atoms with Crippen LogP contribution in [0.1, 0.15) is 5.56 Å². The minimum Gasteiger partial charge on any atom is -0.493 e. The Bertz CT molecular complexity index is 781. The number of methoxy groups -OCH3 is 2. The van der Waals surface area contributed by atoms with Gasteiger partial charge in [-0.25, -0.2) is 4.79 Å². The quantitative estimate of drug-likeness (QED) is 0.834. The van der Waals surface area contributed by atoms with Crippen LogP contribution in [0.5, 0.6) is 11.5 Å². The van der Waals surface area contributed by atoms with E-state index in [1.165, 1.54) is 14.2 Å². The molecule has 0 spiro atoms. The highest BCUT2D eigenvalue weighted by Crippen LogP contribution is 2.34. The second-order valence-electron chi connectivity index (χ2n) is 4.66. The molecule has 124 valence electrons. The summed E-state index contributed by atoms with van der Waals surface area (Å²) in [4.78, 5) is 11.9. The SMILES string of the molecule is COc1cccc(NC(=O)NCC#Cc2cccc(Cl)c2)c1OC. The Kier molecular flexibility index (Phi) is 6.35. The molecular formula is C18H17ClN2O3. The molecule has 0 fully saturated rings. The fraction of sp³-hybridized carbons (Fsp3) is 0.167. The standard InChI is InChI=1S/C18H17ClN2O3/c1-23-16-10-4-9-15(17(16)24-2)21-18(22)20-11-5-7-13-6-3-8-14(19)12-13/h3-4,6,8-10,12H,11H2,1-2H3,(H2,20,21,22). The average Bonchev–Trinajstić information content (AvgIpc) is 2.58. The van der Waals surface area contributed by atoms with Gasteiger partial charge < -0.3 is 20.1 Å². The number of urea groups is 1. The number of para-hydroxylation sites is 1. The Morgan fingerprint density at radius 2 is 1.96 bits per heavy atom. The van der Waals surface area contributed by atoms with Gasteiger partial charge in [-0.1, -0.05) is 35.6 Å². The van der Waals surface area contributed by atoms with Gasteiger partial charge in [0, 0.05) is 10.6 Å². The van der Waals surface area contributed by atoms with Crippen LogP contribution < -0.4 is 20.1 Å². The number of nitrogens with one attached hydrogen (secondary N) is 2. The van der Waals surface area contributed by atoms with Crippen molar-refractivity contribution in [3.8, 4) is 23.3 Å². The molecule has 2 aromatic rings. The summed E-state index contributed by atoms with van der Waals surface area (Å²) in [6.45, 7) is 0.199. The van der Waals surface area contributed by atoms with Gasteiger partial charge in [-0.05, 0) is 30.3 Å². The molecule has 0 aliphatic heterocycles. The summed E-state index contributed by atoms with van der Waals surface area (Å²) in [7, 11) is 3.05. The number of ether oxygens (including phenoxy) is 2. The molecule has 24 heavy (non-hydrogen) atoms. The van der Waals surface area contributed by atoms with Crippen LogP contribution in [-0.4, -0.2) is 26.8 Å². The number of anilines is 1. The van der Waals surface area contributed by atoms with Crippen LogP contribution >= 0.6 is 11.6 Å². The largest absolute Gasteiger partial charge is 0.493 e. The van der Waals surface area contributed by atoms with Gasteiger partial charge in [-0.2, -0.15) is 0 Å². The van der Waals surface area contributed by atoms with Gasteiger partial charge >= 0.3 is 6.03 Å². The van der Waals surface area contributed by atoms with Crippen molar-refractivity contribution in [1.82, 2.24) is 5.32 Å². The number of hydrogen-bond acceptors (Lipinski definition) is 3. The normalized spacial score (nSPS) is 9.46. The molecule has 2 N–H and O–H groups in total. The Morgan fingerprint density at radius 1 is 1.17 bits per heavy atom. The minimum absolute atomic E-state index is 0.199. The summed E-state index contributed by atoms with van der Waals surface area (Å²) in [6.07, 6.45) is 0. The molecule has 0 radical (unpaired) electrons. The Morgan fingerprint density at radius 3 is 2.67 bits per heavy atom. The molecule has 2 amide bonds. The number of rotatable bonds is 4. The smallest absolute Gasteiger partial charge is 0.320 e. The average molecular weight is 345 g/mol. The summed E-state index contributed by atoms with van der Waals surface area (Å²) in [5, 5.41) is 5.97. The van der Waals surface area contributed by atoms with Gasteiger partial charge in [-0.3, -0.25) is 0 Å². The molecule has 2 aromatic carbocycles. The van der Waals surface area contributed by atoms with Gasteiger partial charge in [0.2, 0.25) is 0 Å². The first-order valence-electron chi connectivity index (χ1n) is 7.14. The second-order valence-corrected chi connectivity index (χ2v) is 5.10. The number of carbonyl (C=O) groups excluding carboxylic acids is 1. The number of amides is 2. The van der Waals surface area contributed by atoms with E-state index < -0.39 is 0 Å². The zero-order valence-corrected chi connectivity index (χ0v) is 14.1. The summed E-state index contributed by atoms with van der Waals surface area (Å²) >= 11 is 5.88. The maximum atomic E-state index is 11.9. The summed E-state index contributed by atoms with van der Waals surface area (Å²) in [6, 6.07) is 12.0. The van der Waals surface area contributed by atoms with Gasteiger partial charge in [0.05, 0.1) is 26.5 Å². The van der Waals surface area contributed by atoms with Crippen molar-refractivity contribution in [2.45, 2.75) is 0 Å². The summed E-state index contributed by atoms with van der Waals surface area (Å²) in [5.74, 6) is 6.78. The molecule has 6 heteroatoms. The van der Waals surface area contributed by atoms with E-state index in [0.717, 1.165) is 5.56 Å². The van der Waals surface area contributed by atoms with Crippen LogP contribution in [0.3, 0.4) is 0 Å². The van der Waals surface area contributed by atoms with Crippen LogP contribution in [0.2, 0.25) is 5.02 Å². The number of hydrogen-bond donors (Lipinski definition) is 2. The lowest BCUT2D eigenvalue weighted by Gasteiger charge is -2.13.